The van der Waals surface area contributed by atoms with Gasteiger partial charge in [0, 0.05) is 0 Å². The van der Waals surface area contributed by atoms with Gasteiger partial charge >= 0.3 is 5.91 Å². The molecule has 1 aromatic rings. The number of hydrogen-bond acceptors (Lipinski definition) is 2. The molecule has 0 aliphatic heterocycles. The van der Waals surface area contributed by atoms with Gasteiger partial charge in [-0.25, -0.2) is 4.79 Å². The summed E-state index contributed by atoms with van der Waals surface area (Å²) >= 11 is 0. The number of hydrogen-bond donors (Lipinski definition) is 1. The van der Waals surface area contributed by atoms with Crippen LogP contribution in [0.3, 0.4) is 0 Å². The first kappa shape index (κ1) is 10.7. The number of primary amides is 1. The van der Waals surface area contributed by atoms with Crippen LogP contribution in [0.25, 0.3) is 0 Å². The number of amides is 1. The molecule has 0 saturated heterocycles. The molecule has 0 spiro atoms. The summed E-state index contributed by atoms with van der Waals surface area (Å²) < 4.78 is 5.39. The number of ether oxygens (including phenoxy) is 1. The number of quaternary nitrogens is 1. The Morgan fingerprint density at radius 1 is 1.43 bits per heavy atom. The predicted molar refractivity (Wildman–Crippen MR) is 53.8 cm³/mol. The van der Waals surface area contributed by atoms with E-state index in [0.717, 1.165) is 12.2 Å². The van der Waals surface area contributed by atoms with E-state index in [9.17, 15) is 4.79 Å². The van der Waals surface area contributed by atoms with Crippen LogP contribution in [0.4, 0.5) is 0 Å². The summed E-state index contributed by atoms with van der Waals surface area (Å²) in [5.41, 5.74) is 0.642. The van der Waals surface area contributed by atoms with Crippen LogP contribution in [0.5, 0.6) is 5.75 Å². The number of benzene rings is 1. The molecule has 0 fully saturated rings. The highest BCUT2D eigenvalue weighted by Crippen LogP contribution is 2.11. The SMILES string of the molecule is [CH2-][NH2+]C(=O)c1ccc(OCCC)cc1. The van der Waals surface area contributed by atoms with Crippen molar-refractivity contribution in [1.82, 2.24) is 0 Å². The minimum absolute atomic E-state index is 0.0629. The Bertz CT molecular complexity index is 293. The van der Waals surface area contributed by atoms with Crippen molar-refractivity contribution in [2.24, 2.45) is 0 Å². The van der Waals surface area contributed by atoms with Crippen LogP contribution in [0.1, 0.15) is 23.7 Å². The minimum Gasteiger partial charge on any atom is -0.494 e. The molecule has 1 rings (SSSR count). The van der Waals surface area contributed by atoms with Crippen molar-refractivity contribution in [3.8, 4) is 5.75 Å². The fraction of sp³-hybridized carbons (Fsp3) is 0.273. The van der Waals surface area contributed by atoms with Gasteiger partial charge in [0.2, 0.25) is 0 Å². The van der Waals surface area contributed by atoms with Gasteiger partial charge in [-0.15, -0.1) is 7.05 Å². The molecule has 0 aliphatic rings. The monoisotopic (exact) mass is 193 g/mol. The molecule has 0 unspecified atom stereocenters. The molecule has 14 heavy (non-hydrogen) atoms. The van der Waals surface area contributed by atoms with Gasteiger partial charge in [-0.3, -0.25) is 0 Å². The third-order valence-corrected chi connectivity index (χ3v) is 1.80. The Labute approximate surface area is 84.1 Å². The second-order valence-electron chi connectivity index (χ2n) is 2.94. The standard InChI is InChI=1S/C11H15NO2/c1-3-8-14-10-6-4-9(5-7-10)11(13)12-2/h4-7H,2-3,8,12H2,1H3. The van der Waals surface area contributed by atoms with Crippen molar-refractivity contribution >= 4 is 5.91 Å². The van der Waals surface area contributed by atoms with Crippen molar-refractivity contribution < 1.29 is 14.8 Å². The molecule has 1 aromatic carbocycles. The molecule has 3 nitrogen and oxygen atoms in total. The molecule has 1 amide bonds. The van der Waals surface area contributed by atoms with Gasteiger partial charge in [0.1, 0.15) is 5.75 Å². The normalized spacial score (nSPS) is 9.86. The van der Waals surface area contributed by atoms with Crippen LogP contribution in [-0.4, -0.2) is 12.5 Å². The maximum Gasteiger partial charge on any atom is 0.316 e. The van der Waals surface area contributed by atoms with Gasteiger partial charge in [-0.05, 0) is 30.7 Å². The molecule has 3 heteroatoms. The molecule has 0 heterocycles. The van der Waals surface area contributed by atoms with Crippen LogP contribution >= 0.6 is 0 Å². The Morgan fingerprint density at radius 3 is 2.57 bits per heavy atom. The Morgan fingerprint density at radius 2 is 2.07 bits per heavy atom. The molecule has 0 bridgehead atoms. The summed E-state index contributed by atoms with van der Waals surface area (Å²) in [5, 5.41) is 1.31. The van der Waals surface area contributed by atoms with Crippen LogP contribution in [0.15, 0.2) is 24.3 Å². The average Bonchev–Trinajstić information content (AvgIpc) is 2.26. The average molecular weight is 193 g/mol. The third kappa shape index (κ3) is 2.85. The number of nitrogens with two attached hydrogens (primary N) is 1. The van der Waals surface area contributed by atoms with Crippen LogP contribution in [0, 0.1) is 7.05 Å². The van der Waals surface area contributed by atoms with E-state index < -0.39 is 0 Å². The molecule has 2 N–H and O–H groups in total. The van der Waals surface area contributed by atoms with Gasteiger partial charge < -0.3 is 10.1 Å². The van der Waals surface area contributed by atoms with Crippen LogP contribution < -0.4 is 10.1 Å². The zero-order valence-corrected chi connectivity index (χ0v) is 8.32. The molecule has 0 aromatic heterocycles. The van der Waals surface area contributed by atoms with Crippen LogP contribution in [0.2, 0.25) is 0 Å². The van der Waals surface area contributed by atoms with E-state index in [0.29, 0.717) is 12.2 Å². The maximum atomic E-state index is 11.2. The van der Waals surface area contributed by atoms with E-state index in [1.54, 1.807) is 24.3 Å². The van der Waals surface area contributed by atoms with Crippen molar-refractivity contribution in [1.29, 1.82) is 0 Å². The van der Waals surface area contributed by atoms with E-state index >= 15 is 0 Å². The van der Waals surface area contributed by atoms with E-state index in [-0.39, 0.29) is 5.91 Å². The summed E-state index contributed by atoms with van der Waals surface area (Å²) in [5.74, 6) is 0.736. The van der Waals surface area contributed by atoms with Crippen molar-refractivity contribution in [3.63, 3.8) is 0 Å². The highest BCUT2D eigenvalue weighted by atomic mass is 16.5. The van der Waals surface area contributed by atoms with E-state index in [4.69, 9.17) is 4.74 Å². The van der Waals surface area contributed by atoms with Gasteiger partial charge in [0.25, 0.3) is 0 Å². The lowest BCUT2D eigenvalue weighted by molar-refractivity contribution is -0.489. The van der Waals surface area contributed by atoms with Crippen molar-refractivity contribution in [2.75, 3.05) is 6.61 Å². The fourth-order valence-corrected chi connectivity index (χ4v) is 1.05. The lowest BCUT2D eigenvalue weighted by Gasteiger charge is -2.04. The summed E-state index contributed by atoms with van der Waals surface area (Å²) in [6.45, 7) is 2.75. The molecule has 0 radical (unpaired) electrons. The number of rotatable bonds is 4. The Kier molecular flexibility index (Phi) is 4.13. The van der Waals surface area contributed by atoms with Crippen molar-refractivity contribution in [2.45, 2.75) is 13.3 Å². The smallest absolute Gasteiger partial charge is 0.316 e. The first-order valence-corrected chi connectivity index (χ1v) is 4.67. The maximum absolute atomic E-state index is 11.2. The highest BCUT2D eigenvalue weighted by Gasteiger charge is 2.03. The number of carbonyl (C=O) groups excluding carboxylic acids is 1. The molecule has 0 atom stereocenters. The highest BCUT2D eigenvalue weighted by molar-refractivity contribution is 5.86. The van der Waals surface area contributed by atoms with Crippen molar-refractivity contribution in [3.05, 3.63) is 36.9 Å². The zero-order valence-electron chi connectivity index (χ0n) is 8.32. The molecular weight excluding hydrogens is 178 g/mol. The summed E-state index contributed by atoms with van der Waals surface area (Å²) in [4.78, 5) is 11.2. The third-order valence-electron chi connectivity index (χ3n) is 1.80. The zero-order chi connectivity index (χ0) is 10.4. The Hall–Kier alpha value is -1.35. The second-order valence-corrected chi connectivity index (χ2v) is 2.94. The van der Waals surface area contributed by atoms with Gasteiger partial charge in [0.05, 0.1) is 12.2 Å². The van der Waals surface area contributed by atoms with Gasteiger partial charge in [-0.2, -0.15) is 0 Å². The second kappa shape index (κ2) is 5.40. The quantitative estimate of drug-likeness (QED) is 0.724. The first-order chi connectivity index (χ1) is 6.77. The van der Waals surface area contributed by atoms with E-state index in [2.05, 4.69) is 14.0 Å². The summed E-state index contributed by atoms with van der Waals surface area (Å²) in [7, 11) is 3.43. The molecule has 0 aliphatic carbocycles. The van der Waals surface area contributed by atoms with E-state index in [1.807, 2.05) is 0 Å². The fourth-order valence-electron chi connectivity index (χ4n) is 1.05. The predicted octanol–water partition coefficient (Wildman–Crippen LogP) is 0.971. The minimum atomic E-state index is -0.0629. The summed E-state index contributed by atoms with van der Waals surface area (Å²) in [6, 6.07) is 7.09. The van der Waals surface area contributed by atoms with Gasteiger partial charge in [0.15, 0.2) is 0 Å². The largest absolute Gasteiger partial charge is 0.494 e. The first-order valence-electron chi connectivity index (χ1n) is 4.67. The number of carbonyl (C=O) groups is 1. The lowest BCUT2D eigenvalue weighted by atomic mass is 10.2. The van der Waals surface area contributed by atoms with E-state index in [1.165, 1.54) is 5.32 Å². The molecule has 76 valence electrons. The molecular formula is C11H15NO2. The lowest BCUT2D eigenvalue weighted by Crippen LogP contribution is -2.81. The summed E-state index contributed by atoms with van der Waals surface area (Å²) in [6.07, 6.45) is 0.980. The molecule has 0 saturated carbocycles. The van der Waals surface area contributed by atoms with Crippen LogP contribution in [-0.2, 0) is 0 Å². The Balaban J connectivity index is 2.63. The van der Waals surface area contributed by atoms with Gasteiger partial charge in [-0.1, -0.05) is 6.92 Å². The topological polar surface area (TPSA) is 42.9 Å².